The number of carbonyl (C=O) groups is 5. The number of nitrogens with one attached hydrogen (secondary N) is 2. The Balaban J connectivity index is 1.32. The number of carbonyl (C=O) groups excluding carboxylic acids is 5. The highest BCUT2D eigenvalue weighted by atomic mass is 32.2. The normalized spacial score (nSPS) is 21.1. The van der Waals surface area contributed by atoms with Crippen LogP contribution >= 0.6 is 11.8 Å². The first-order valence-corrected chi connectivity index (χ1v) is 11.6. The molecule has 10 nitrogen and oxygen atoms in total. The van der Waals surface area contributed by atoms with E-state index >= 15 is 0 Å². The van der Waals surface area contributed by atoms with Gasteiger partial charge in [0.1, 0.15) is 12.1 Å². The molecule has 1 atom stereocenters. The molecule has 1 aromatic carbocycles. The first-order valence-electron chi connectivity index (χ1n) is 10.8. The van der Waals surface area contributed by atoms with Crippen LogP contribution in [0.3, 0.4) is 0 Å². The molecule has 0 spiro atoms. The molecule has 2 aromatic rings. The molecule has 3 heterocycles. The number of rotatable bonds is 7. The number of pyridine rings is 1. The van der Waals surface area contributed by atoms with Crippen LogP contribution in [0.15, 0.2) is 53.7 Å². The molecule has 1 unspecified atom stereocenters. The van der Waals surface area contributed by atoms with Crippen LogP contribution < -0.4 is 10.6 Å². The highest BCUT2D eigenvalue weighted by molar-refractivity contribution is 8.18. The number of amides is 6. The summed E-state index contributed by atoms with van der Waals surface area (Å²) in [5, 5.41) is 4.77. The van der Waals surface area contributed by atoms with Crippen molar-refractivity contribution in [1.82, 2.24) is 25.4 Å². The zero-order valence-corrected chi connectivity index (χ0v) is 19.9. The van der Waals surface area contributed by atoms with E-state index in [1.807, 2.05) is 19.1 Å². The molecule has 2 aliphatic heterocycles. The molecule has 6 amide bonds. The average molecular weight is 494 g/mol. The zero-order chi connectivity index (χ0) is 25.2. The minimum atomic E-state index is -1.27. The molecule has 35 heavy (non-hydrogen) atoms. The van der Waals surface area contributed by atoms with Crippen molar-refractivity contribution in [2.24, 2.45) is 0 Å². The Morgan fingerprint density at radius 1 is 1.14 bits per heavy atom. The fourth-order valence-electron chi connectivity index (χ4n) is 3.74. The van der Waals surface area contributed by atoms with E-state index in [0.717, 1.165) is 27.1 Å². The van der Waals surface area contributed by atoms with E-state index in [9.17, 15) is 24.0 Å². The fourth-order valence-corrected chi connectivity index (χ4v) is 4.60. The van der Waals surface area contributed by atoms with E-state index < -0.39 is 41.1 Å². The van der Waals surface area contributed by atoms with Crippen LogP contribution in [0.1, 0.15) is 23.6 Å². The summed E-state index contributed by atoms with van der Waals surface area (Å²) >= 11 is 0.813. The quantitative estimate of drug-likeness (QED) is 0.446. The number of thioether (sulfide) groups is 1. The van der Waals surface area contributed by atoms with Gasteiger partial charge in [0.15, 0.2) is 0 Å². The molecule has 0 bridgehead atoms. The number of urea groups is 1. The SMILES string of the molecule is Cc1ccc(C2(C)NC(=O)N(CC(=O)NCCN3C(=O)S/C(=C\c4cccnc4)C3=O)C2=O)cc1. The van der Waals surface area contributed by atoms with Crippen LogP contribution in [0.2, 0.25) is 0 Å². The van der Waals surface area contributed by atoms with E-state index in [4.69, 9.17) is 0 Å². The molecular formula is C24H23N5O5S. The molecule has 180 valence electrons. The predicted molar refractivity (Wildman–Crippen MR) is 129 cm³/mol. The lowest BCUT2D eigenvalue weighted by Gasteiger charge is -2.22. The average Bonchev–Trinajstić information content (AvgIpc) is 3.22. The third-order valence-electron chi connectivity index (χ3n) is 5.72. The van der Waals surface area contributed by atoms with E-state index in [1.54, 1.807) is 49.7 Å². The van der Waals surface area contributed by atoms with Gasteiger partial charge < -0.3 is 10.6 Å². The van der Waals surface area contributed by atoms with E-state index in [1.165, 1.54) is 0 Å². The van der Waals surface area contributed by atoms with Crippen molar-refractivity contribution in [2.75, 3.05) is 19.6 Å². The van der Waals surface area contributed by atoms with Crippen LogP contribution in [-0.4, -0.2) is 63.4 Å². The summed E-state index contributed by atoms with van der Waals surface area (Å²) in [5.41, 5.74) is 1.05. The number of aromatic nitrogens is 1. The van der Waals surface area contributed by atoms with Gasteiger partial charge in [0.25, 0.3) is 17.1 Å². The minimum Gasteiger partial charge on any atom is -0.353 e. The summed E-state index contributed by atoms with van der Waals surface area (Å²) in [6, 6.07) is 10.0. The number of hydrogen-bond donors (Lipinski definition) is 2. The van der Waals surface area contributed by atoms with Crippen LogP contribution in [-0.2, 0) is 19.9 Å². The smallest absolute Gasteiger partial charge is 0.325 e. The van der Waals surface area contributed by atoms with Crippen molar-refractivity contribution in [2.45, 2.75) is 19.4 Å². The molecule has 2 saturated heterocycles. The summed E-state index contributed by atoms with van der Waals surface area (Å²) in [6.45, 7) is 2.97. The maximum atomic E-state index is 13.0. The standard InChI is InChI=1S/C24H23N5O5S/c1-15-5-7-17(8-6-15)24(2)21(32)29(22(33)27-24)14-19(30)26-10-11-28-20(31)18(35-23(28)34)12-16-4-3-9-25-13-16/h3-9,12-13H,10-11,14H2,1-2H3,(H,26,30)(H,27,33)/b18-12-. The van der Waals surface area contributed by atoms with Gasteiger partial charge in [-0.2, -0.15) is 0 Å². The molecule has 2 fully saturated rings. The molecular weight excluding hydrogens is 470 g/mol. The molecule has 2 aliphatic rings. The number of benzene rings is 1. The Kier molecular flexibility index (Phi) is 6.70. The summed E-state index contributed by atoms with van der Waals surface area (Å²) in [5.74, 6) is -1.58. The topological polar surface area (TPSA) is 129 Å². The Bertz CT molecular complexity index is 1230. The largest absolute Gasteiger partial charge is 0.353 e. The number of hydrogen-bond acceptors (Lipinski definition) is 7. The first-order chi connectivity index (χ1) is 16.7. The third-order valence-corrected chi connectivity index (χ3v) is 6.63. The fraction of sp³-hybridized carbons (Fsp3) is 0.250. The maximum absolute atomic E-state index is 13.0. The lowest BCUT2D eigenvalue weighted by molar-refractivity contribution is -0.134. The molecule has 0 saturated carbocycles. The lowest BCUT2D eigenvalue weighted by Crippen LogP contribution is -2.44. The molecule has 1 aromatic heterocycles. The van der Waals surface area contributed by atoms with E-state index in [2.05, 4.69) is 15.6 Å². The summed E-state index contributed by atoms with van der Waals surface area (Å²) in [6.07, 6.45) is 4.76. The minimum absolute atomic E-state index is 0.0179. The van der Waals surface area contributed by atoms with Crippen LogP contribution in [0.25, 0.3) is 6.08 Å². The molecule has 11 heteroatoms. The second-order valence-corrected chi connectivity index (χ2v) is 9.28. The highest BCUT2D eigenvalue weighted by Crippen LogP contribution is 2.32. The second kappa shape index (κ2) is 9.71. The van der Waals surface area contributed by atoms with E-state index in [-0.39, 0.29) is 18.0 Å². The molecule has 0 radical (unpaired) electrons. The van der Waals surface area contributed by atoms with Gasteiger partial charge in [-0.3, -0.25) is 34.0 Å². The van der Waals surface area contributed by atoms with Gasteiger partial charge >= 0.3 is 6.03 Å². The van der Waals surface area contributed by atoms with Crippen molar-refractivity contribution in [3.8, 4) is 0 Å². The monoisotopic (exact) mass is 493 g/mol. The van der Waals surface area contributed by atoms with Gasteiger partial charge in [0, 0.05) is 25.5 Å². The highest BCUT2D eigenvalue weighted by Gasteiger charge is 2.49. The number of aryl methyl sites for hydroxylation is 1. The summed E-state index contributed by atoms with van der Waals surface area (Å²) in [7, 11) is 0. The molecule has 0 aliphatic carbocycles. The third kappa shape index (κ3) is 4.94. The van der Waals surface area contributed by atoms with Crippen LogP contribution in [0.5, 0.6) is 0 Å². The van der Waals surface area contributed by atoms with Gasteiger partial charge in [0.05, 0.1) is 4.91 Å². The van der Waals surface area contributed by atoms with Crippen molar-refractivity contribution >= 4 is 46.8 Å². The van der Waals surface area contributed by atoms with Crippen molar-refractivity contribution in [3.63, 3.8) is 0 Å². The molecule has 4 rings (SSSR count). The molecule has 2 N–H and O–H groups in total. The zero-order valence-electron chi connectivity index (χ0n) is 19.1. The van der Waals surface area contributed by atoms with Gasteiger partial charge in [-0.1, -0.05) is 35.9 Å². The Morgan fingerprint density at radius 2 is 1.89 bits per heavy atom. The van der Waals surface area contributed by atoms with Gasteiger partial charge in [0.2, 0.25) is 5.91 Å². The number of imide groups is 2. The van der Waals surface area contributed by atoms with Crippen LogP contribution in [0, 0.1) is 6.92 Å². The summed E-state index contributed by atoms with van der Waals surface area (Å²) in [4.78, 5) is 68.8. The maximum Gasteiger partial charge on any atom is 0.325 e. The van der Waals surface area contributed by atoms with Crippen molar-refractivity contribution in [1.29, 1.82) is 0 Å². The number of nitrogens with zero attached hydrogens (tertiary/aromatic N) is 3. The van der Waals surface area contributed by atoms with Crippen molar-refractivity contribution in [3.05, 3.63) is 70.4 Å². The Labute approximate surface area is 205 Å². The first kappa shape index (κ1) is 24.1. The Hall–Kier alpha value is -3.99. The van der Waals surface area contributed by atoms with E-state index in [0.29, 0.717) is 11.1 Å². The van der Waals surface area contributed by atoms with Crippen LogP contribution in [0.4, 0.5) is 9.59 Å². The van der Waals surface area contributed by atoms with Gasteiger partial charge in [-0.15, -0.1) is 0 Å². The summed E-state index contributed by atoms with van der Waals surface area (Å²) < 4.78 is 0. The van der Waals surface area contributed by atoms with Crippen molar-refractivity contribution < 1.29 is 24.0 Å². The predicted octanol–water partition coefficient (Wildman–Crippen LogP) is 2.01. The Morgan fingerprint density at radius 3 is 2.57 bits per heavy atom. The van der Waals surface area contributed by atoms with Gasteiger partial charge in [-0.05, 0) is 48.9 Å². The second-order valence-electron chi connectivity index (χ2n) is 8.28. The van der Waals surface area contributed by atoms with Gasteiger partial charge in [-0.25, -0.2) is 4.79 Å². The lowest BCUT2D eigenvalue weighted by atomic mass is 9.91.